The number of methoxy groups -OCH3 is 1. The third-order valence-corrected chi connectivity index (χ3v) is 3.62. The van der Waals surface area contributed by atoms with E-state index in [-0.39, 0.29) is 10.9 Å². The quantitative estimate of drug-likeness (QED) is 0.789. The average molecular weight is 348 g/mol. The molecule has 0 amide bonds. The van der Waals surface area contributed by atoms with Gasteiger partial charge in [-0.3, -0.25) is 0 Å². The number of aryl methyl sites for hydroxylation is 1. The molecule has 4 nitrogen and oxygen atoms in total. The van der Waals surface area contributed by atoms with Crippen molar-refractivity contribution in [1.82, 2.24) is 4.98 Å². The fourth-order valence-electron chi connectivity index (χ4n) is 1.91. The molecule has 2 N–H and O–H groups in total. The summed E-state index contributed by atoms with van der Waals surface area (Å²) >= 11 is 17.9. The molecular weight excluding hydrogens is 335 g/mol. The Morgan fingerprint density at radius 1 is 1.24 bits per heavy atom. The van der Waals surface area contributed by atoms with Gasteiger partial charge >= 0.3 is 0 Å². The lowest BCUT2D eigenvalue weighted by molar-refractivity contribution is 0.371. The first-order chi connectivity index (χ1) is 9.92. The van der Waals surface area contributed by atoms with Crippen LogP contribution in [0.1, 0.15) is 11.1 Å². The van der Waals surface area contributed by atoms with Crippen molar-refractivity contribution in [1.29, 1.82) is 0 Å². The van der Waals surface area contributed by atoms with Gasteiger partial charge in [-0.05, 0) is 24.6 Å². The van der Waals surface area contributed by atoms with Crippen LogP contribution < -0.4 is 10.1 Å². The smallest absolute Gasteiger partial charge is 0.162 e. The predicted octanol–water partition coefficient (Wildman–Crippen LogP) is 4.68. The fraction of sp³-hybridized carbons (Fsp3) is 0.214. The molecule has 0 aliphatic carbocycles. The lowest BCUT2D eigenvalue weighted by Crippen LogP contribution is -2.04. The van der Waals surface area contributed by atoms with Crippen molar-refractivity contribution in [2.45, 2.75) is 13.5 Å². The number of halogens is 3. The molecule has 0 aliphatic rings. The van der Waals surface area contributed by atoms with Crippen LogP contribution in [0.5, 0.6) is 11.5 Å². The molecule has 0 atom stereocenters. The lowest BCUT2D eigenvalue weighted by atomic mass is 10.1. The standard InChI is InChI=1S/C14H13Cl3N2O2/c1-7-3-11(16)19-14(17)12(7)18-6-8-4-9(15)5-10(21-2)13(8)20/h3-5,18,20H,6H2,1-2H3. The molecule has 0 aliphatic heterocycles. The monoisotopic (exact) mass is 346 g/mol. The number of anilines is 1. The van der Waals surface area contributed by atoms with Gasteiger partial charge in [0.15, 0.2) is 16.7 Å². The van der Waals surface area contributed by atoms with Gasteiger partial charge in [0.1, 0.15) is 5.15 Å². The van der Waals surface area contributed by atoms with Crippen LogP contribution in [0.15, 0.2) is 18.2 Å². The van der Waals surface area contributed by atoms with Crippen molar-refractivity contribution < 1.29 is 9.84 Å². The predicted molar refractivity (Wildman–Crippen MR) is 86.0 cm³/mol. The van der Waals surface area contributed by atoms with E-state index in [0.29, 0.717) is 33.7 Å². The Bertz CT molecular complexity index is 655. The van der Waals surface area contributed by atoms with E-state index in [4.69, 9.17) is 39.5 Å². The minimum Gasteiger partial charge on any atom is -0.504 e. The number of nitrogens with one attached hydrogen (secondary N) is 1. The van der Waals surface area contributed by atoms with E-state index in [9.17, 15) is 5.11 Å². The normalized spacial score (nSPS) is 10.5. The van der Waals surface area contributed by atoms with Crippen LogP contribution in [-0.2, 0) is 6.54 Å². The van der Waals surface area contributed by atoms with Crippen LogP contribution in [-0.4, -0.2) is 17.2 Å². The average Bonchev–Trinajstić information content (AvgIpc) is 2.40. The van der Waals surface area contributed by atoms with Crippen LogP contribution in [0.25, 0.3) is 0 Å². The molecule has 2 rings (SSSR count). The maximum atomic E-state index is 10.1. The molecule has 0 radical (unpaired) electrons. The molecule has 0 unspecified atom stereocenters. The Labute approximate surface area is 137 Å². The lowest BCUT2D eigenvalue weighted by Gasteiger charge is -2.14. The van der Waals surface area contributed by atoms with Gasteiger partial charge < -0.3 is 15.2 Å². The van der Waals surface area contributed by atoms with Crippen LogP contribution in [0.4, 0.5) is 5.69 Å². The third-order valence-electron chi connectivity index (χ3n) is 2.94. The molecule has 2 aromatic rings. The molecule has 1 heterocycles. The first kappa shape index (κ1) is 16.0. The third kappa shape index (κ3) is 3.64. The Hall–Kier alpha value is -1.36. The molecule has 7 heteroatoms. The molecule has 0 spiro atoms. The highest BCUT2D eigenvalue weighted by Gasteiger charge is 2.12. The number of ether oxygens (including phenoxy) is 1. The molecule has 1 aromatic carbocycles. The number of hydrogen-bond donors (Lipinski definition) is 2. The number of nitrogens with zero attached hydrogens (tertiary/aromatic N) is 1. The Morgan fingerprint density at radius 2 is 1.95 bits per heavy atom. The van der Waals surface area contributed by atoms with Crippen LogP contribution in [0.3, 0.4) is 0 Å². The number of hydrogen-bond acceptors (Lipinski definition) is 4. The van der Waals surface area contributed by atoms with E-state index < -0.39 is 0 Å². The maximum Gasteiger partial charge on any atom is 0.162 e. The molecule has 0 bridgehead atoms. The van der Waals surface area contributed by atoms with Crippen molar-refractivity contribution in [3.8, 4) is 11.5 Å². The number of phenols is 1. The van der Waals surface area contributed by atoms with Gasteiger partial charge in [0.05, 0.1) is 12.8 Å². The zero-order valence-electron chi connectivity index (χ0n) is 11.4. The minimum atomic E-state index is 0.0325. The molecular formula is C14H13Cl3N2O2. The molecule has 1 aromatic heterocycles. The second kappa shape index (κ2) is 6.60. The number of aromatic hydroxyl groups is 1. The number of benzene rings is 1. The number of aromatic nitrogens is 1. The van der Waals surface area contributed by atoms with Crippen molar-refractivity contribution in [2.24, 2.45) is 0 Å². The highest BCUT2D eigenvalue weighted by molar-refractivity contribution is 6.34. The summed E-state index contributed by atoms with van der Waals surface area (Å²) in [6, 6.07) is 4.90. The summed E-state index contributed by atoms with van der Waals surface area (Å²) in [5, 5.41) is 14.3. The maximum absolute atomic E-state index is 10.1. The fourth-order valence-corrected chi connectivity index (χ4v) is 2.74. The Morgan fingerprint density at radius 3 is 2.57 bits per heavy atom. The molecule has 112 valence electrons. The van der Waals surface area contributed by atoms with Gasteiger partial charge in [0.25, 0.3) is 0 Å². The van der Waals surface area contributed by atoms with E-state index in [1.54, 1.807) is 18.2 Å². The Balaban J connectivity index is 2.27. The van der Waals surface area contributed by atoms with E-state index in [2.05, 4.69) is 10.3 Å². The summed E-state index contributed by atoms with van der Waals surface area (Å²) < 4.78 is 5.06. The highest BCUT2D eigenvalue weighted by Crippen LogP contribution is 2.34. The molecule has 0 saturated carbocycles. The van der Waals surface area contributed by atoms with Crippen LogP contribution in [0, 0.1) is 6.92 Å². The summed E-state index contributed by atoms with van der Waals surface area (Å²) in [4.78, 5) is 3.98. The van der Waals surface area contributed by atoms with E-state index in [1.807, 2.05) is 6.92 Å². The molecule has 0 fully saturated rings. The van der Waals surface area contributed by atoms with E-state index >= 15 is 0 Å². The first-order valence-corrected chi connectivity index (χ1v) is 7.17. The van der Waals surface area contributed by atoms with Gasteiger partial charge in [0.2, 0.25) is 0 Å². The summed E-state index contributed by atoms with van der Waals surface area (Å²) in [5.74, 6) is 0.349. The summed E-state index contributed by atoms with van der Waals surface area (Å²) in [7, 11) is 1.47. The molecule has 0 saturated heterocycles. The van der Waals surface area contributed by atoms with E-state index in [1.165, 1.54) is 7.11 Å². The van der Waals surface area contributed by atoms with Crippen LogP contribution >= 0.6 is 34.8 Å². The number of rotatable bonds is 4. The summed E-state index contributed by atoms with van der Waals surface area (Å²) in [6.07, 6.45) is 0. The summed E-state index contributed by atoms with van der Waals surface area (Å²) in [6.45, 7) is 2.17. The van der Waals surface area contributed by atoms with E-state index in [0.717, 1.165) is 5.56 Å². The van der Waals surface area contributed by atoms with Gasteiger partial charge in [-0.2, -0.15) is 0 Å². The van der Waals surface area contributed by atoms with Crippen molar-refractivity contribution in [3.05, 3.63) is 44.7 Å². The zero-order valence-corrected chi connectivity index (χ0v) is 13.6. The second-order valence-corrected chi connectivity index (χ2v) is 5.58. The first-order valence-electron chi connectivity index (χ1n) is 6.04. The van der Waals surface area contributed by atoms with Crippen LogP contribution in [0.2, 0.25) is 15.3 Å². The second-order valence-electron chi connectivity index (χ2n) is 4.40. The molecule has 21 heavy (non-hydrogen) atoms. The van der Waals surface area contributed by atoms with Crippen molar-refractivity contribution >= 4 is 40.5 Å². The van der Waals surface area contributed by atoms with Gasteiger partial charge in [-0.25, -0.2) is 4.98 Å². The topological polar surface area (TPSA) is 54.4 Å². The van der Waals surface area contributed by atoms with Crippen molar-refractivity contribution in [3.63, 3.8) is 0 Å². The Kier molecular flexibility index (Phi) is 5.04. The minimum absolute atomic E-state index is 0.0325. The SMILES string of the molecule is COc1cc(Cl)cc(CNc2c(C)cc(Cl)nc2Cl)c1O. The zero-order chi connectivity index (χ0) is 15.6. The summed E-state index contributed by atoms with van der Waals surface area (Å²) in [5.41, 5.74) is 2.10. The van der Waals surface area contributed by atoms with Gasteiger partial charge in [0, 0.05) is 23.2 Å². The van der Waals surface area contributed by atoms with Crippen molar-refractivity contribution in [2.75, 3.05) is 12.4 Å². The number of phenolic OH excluding ortho intramolecular Hbond substituents is 1. The largest absolute Gasteiger partial charge is 0.504 e. The highest BCUT2D eigenvalue weighted by atomic mass is 35.5. The van der Waals surface area contributed by atoms with Gasteiger partial charge in [-0.15, -0.1) is 0 Å². The number of pyridine rings is 1. The van der Waals surface area contributed by atoms with Gasteiger partial charge in [-0.1, -0.05) is 34.8 Å².